The van der Waals surface area contributed by atoms with Crippen LogP contribution in [0.25, 0.3) is 0 Å². The lowest BCUT2D eigenvalue weighted by molar-refractivity contribution is 0.0931. The monoisotopic (exact) mass is 348 g/mol. The molecular weight excluding hydrogens is 332 g/mol. The first-order chi connectivity index (χ1) is 11.2. The van der Waals surface area contributed by atoms with Crippen molar-refractivity contribution >= 4 is 29.3 Å². The highest BCUT2D eigenvalue weighted by molar-refractivity contribution is 7.99. The van der Waals surface area contributed by atoms with Crippen LogP contribution in [0.5, 0.6) is 0 Å². The van der Waals surface area contributed by atoms with Crippen LogP contribution in [0.15, 0.2) is 51.0 Å². The fraction of sp³-hybridized carbons (Fsp3) is 0.353. The molecule has 1 aromatic carbocycles. The van der Waals surface area contributed by atoms with Crippen molar-refractivity contribution in [3.8, 4) is 0 Å². The number of rotatable bonds is 4. The standard InChI is InChI=1S/C17H17ClN2O2S/c18-11-7-16(22-9-11)23-13-4-1-10(2-5-13)17(21)20-15-8-12-3-6-14(15)19-12/h1-2,4-5,7,9,12,14-15,19H,3,6,8H2,(H,20,21). The van der Waals surface area contributed by atoms with Crippen LogP contribution in [0.3, 0.4) is 0 Å². The molecule has 23 heavy (non-hydrogen) atoms. The van der Waals surface area contributed by atoms with Gasteiger partial charge in [0.05, 0.1) is 5.02 Å². The van der Waals surface area contributed by atoms with Gasteiger partial charge in [0, 0.05) is 34.7 Å². The Labute approximate surface area is 144 Å². The van der Waals surface area contributed by atoms with E-state index in [1.54, 1.807) is 6.07 Å². The van der Waals surface area contributed by atoms with Gasteiger partial charge >= 0.3 is 0 Å². The predicted octanol–water partition coefficient (Wildman–Crippen LogP) is 3.71. The molecule has 2 N–H and O–H groups in total. The molecule has 3 unspecified atom stereocenters. The van der Waals surface area contributed by atoms with E-state index in [0.717, 1.165) is 22.8 Å². The van der Waals surface area contributed by atoms with Gasteiger partial charge in [-0.2, -0.15) is 0 Å². The van der Waals surface area contributed by atoms with Gasteiger partial charge in [-0.15, -0.1) is 0 Å². The molecule has 0 spiro atoms. The molecule has 2 aromatic rings. The molecule has 2 aliphatic rings. The predicted molar refractivity (Wildman–Crippen MR) is 90.1 cm³/mol. The molecule has 4 nitrogen and oxygen atoms in total. The Morgan fingerprint density at radius 2 is 2.13 bits per heavy atom. The van der Waals surface area contributed by atoms with E-state index in [0.29, 0.717) is 22.7 Å². The summed E-state index contributed by atoms with van der Waals surface area (Å²) in [6.45, 7) is 0. The van der Waals surface area contributed by atoms with Crippen LogP contribution in [-0.4, -0.2) is 24.0 Å². The van der Waals surface area contributed by atoms with E-state index in [2.05, 4.69) is 10.6 Å². The van der Waals surface area contributed by atoms with Gasteiger partial charge < -0.3 is 15.1 Å². The van der Waals surface area contributed by atoms with Gasteiger partial charge in [0.25, 0.3) is 5.91 Å². The molecular formula is C17H17ClN2O2S. The minimum Gasteiger partial charge on any atom is -0.456 e. The van der Waals surface area contributed by atoms with Crippen LogP contribution in [0.2, 0.25) is 5.02 Å². The molecule has 3 heterocycles. The van der Waals surface area contributed by atoms with Crippen LogP contribution < -0.4 is 10.6 Å². The highest BCUT2D eigenvalue weighted by Crippen LogP contribution is 2.31. The number of fused-ring (bicyclic) bond motifs is 2. The Hall–Kier alpha value is -1.43. The molecule has 3 atom stereocenters. The second-order valence-electron chi connectivity index (χ2n) is 6.07. The normalized spacial score (nSPS) is 25.7. The van der Waals surface area contributed by atoms with Crippen molar-refractivity contribution in [3.63, 3.8) is 0 Å². The fourth-order valence-electron chi connectivity index (χ4n) is 3.37. The summed E-state index contributed by atoms with van der Waals surface area (Å²) in [5.41, 5.74) is 0.689. The number of amides is 1. The number of nitrogens with one attached hydrogen (secondary N) is 2. The number of carbonyl (C=O) groups excluding carboxylic acids is 1. The molecule has 2 saturated heterocycles. The quantitative estimate of drug-likeness (QED) is 0.884. The van der Waals surface area contributed by atoms with Gasteiger partial charge in [-0.05, 0) is 43.5 Å². The van der Waals surface area contributed by atoms with E-state index in [4.69, 9.17) is 16.0 Å². The lowest BCUT2D eigenvalue weighted by atomic mass is 9.95. The van der Waals surface area contributed by atoms with Crippen molar-refractivity contribution in [2.45, 2.75) is 47.4 Å². The number of hydrogen-bond acceptors (Lipinski definition) is 4. The zero-order valence-electron chi connectivity index (χ0n) is 12.4. The van der Waals surface area contributed by atoms with Gasteiger partial charge in [-0.1, -0.05) is 23.4 Å². The Kier molecular flexibility index (Phi) is 4.09. The number of carbonyl (C=O) groups is 1. The van der Waals surface area contributed by atoms with Gasteiger partial charge in [0.15, 0.2) is 5.09 Å². The van der Waals surface area contributed by atoms with Crippen molar-refractivity contribution in [2.75, 3.05) is 0 Å². The lowest BCUT2D eigenvalue weighted by Crippen LogP contribution is -2.42. The molecule has 1 amide bonds. The van der Waals surface area contributed by atoms with Crippen molar-refractivity contribution in [2.24, 2.45) is 0 Å². The molecule has 2 aliphatic heterocycles. The zero-order chi connectivity index (χ0) is 15.8. The Balaban J connectivity index is 1.38. The Morgan fingerprint density at radius 3 is 2.74 bits per heavy atom. The first kappa shape index (κ1) is 15.1. The lowest BCUT2D eigenvalue weighted by Gasteiger charge is -2.21. The molecule has 120 valence electrons. The SMILES string of the molecule is O=C(NC1CC2CCC1N2)c1ccc(Sc2cc(Cl)co2)cc1. The van der Waals surface area contributed by atoms with E-state index in [9.17, 15) is 4.79 Å². The zero-order valence-corrected chi connectivity index (χ0v) is 14.0. The summed E-state index contributed by atoms with van der Waals surface area (Å²) in [6.07, 6.45) is 4.95. The van der Waals surface area contributed by atoms with Crippen molar-refractivity contribution in [3.05, 3.63) is 47.2 Å². The van der Waals surface area contributed by atoms with Crippen LogP contribution in [0.4, 0.5) is 0 Å². The van der Waals surface area contributed by atoms with E-state index in [1.165, 1.54) is 24.4 Å². The van der Waals surface area contributed by atoms with Gasteiger partial charge in [0.1, 0.15) is 6.26 Å². The number of furan rings is 1. The molecule has 4 rings (SSSR count). The van der Waals surface area contributed by atoms with Crippen molar-refractivity contribution in [1.29, 1.82) is 0 Å². The topological polar surface area (TPSA) is 54.3 Å². The van der Waals surface area contributed by atoms with Crippen LogP contribution in [-0.2, 0) is 0 Å². The summed E-state index contributed by atoms with van der Waals surface area (Å²) in [4.78, 5) is 13.4. The van der Waals surface area contributed by atoms with E-state index >= 15 is 0 Å². The molecule has 6 heteroatoms. The number of hydrogen-bond donors (Lipinski definition) is 2. The maximum Gasteiger partial charge on any atom is 0.251 e. The van der Waals surface area contributed by atoms with Crippen LogP contribution >= 0.6 is 23.4 Å². The largest absolute Gasteiger partial charge is 0.456 e. The summed E-state index contributed by atoms with van der Waals surface area (Å²) in [7, 11) is 0. The third kappa shape index (κ3) is 3.27. The van der Waals surface area contributed by atoms with Crippen LogP contribution in [0.1, 0.15) is 29.6 Å². The van der Waals surface area contributed by atoms with Crippen LogP contribution in [0, 0.1) is 0 Å². The summed E-state index contributed by atoms with van der Waals surface area (Å²) in [6, 6.07) is 10.6. The van der Waals surface area contributed by atoms with Crippen molar-refractivity contribution in [1.82, 2.24) is 10.6 Å². The first-order valence-electron chi connectivity index (χ1n) is 7.76. The molecule has 0 radical (unpaired) electrons. The first-order valence-corrected chi connectivity index (χ1v) is 8.96. The third-order valence-electron chi connectivity index (χ3n) is 4.49. The molecule has 0 aliphatic carbocycles. The average molecular weight is 349 g/mol. The minimum absolute atomic E-state index is 0.00180. The molecule has 2 fully saturated rings. The maximum absolute atomic E-state index is 12.4. The van der Waals surface area contributed by atoms with Gasteiger partial charge in [0.2, 0.25) is 0 Å². The highest BCUT2D eigenvalue weighted by atomic mass is 35.5. The number of halogens is 1. The summed E-state index contributed by atoms with van der Waals surface area (Å²) in [5.74, 6) is 0.00180. The second-order valence-corrected chi connectivity index (χ2v) is 7.59. The smallest absolute Gasteiger partial charge is 0.251 e. The molecule has 2 bridgehead atoms. The van der Waals surface area contributed by atoms with Crippen molar-refractivity contribution < 1.29 is 9.21 Å². The average Bonchev–Trinajstić information content (AvgIpc) is 3.25. The van der Waals surface area contributed by atoms with E-state index in [-0.39, 0.29) is 11.9 Å². The maximum atomic E-state index is 12.4. The van der Waals surface area contributed by atoms with Gasteiger partial charge in [-0.3, -0.25) is 4.79 Å². The third-order valence-corrected chi connectivity index (χ3v) is 5.62. The second kappa shape index (κ2) is 6.23. The fourth-order valence-corrected chi connectivity index (χ4v) is 4.37. The molecule has 1 aromatic heterocycles. The Bertz CT molecular complexity index is 716. The summed E-state index contributed by atoms with van der Waals surface area (Å²) < 4.78 is 5.31. The summed E-state index contributed by atoms with van der Waals surface area (Å²) in [5, 5.41) is 8.01. The molecule has 0 saturated carbocycles. The minimum atomic E-state index is 0.00180. The number of benzene rings is 1. The summed E-state index contributed by atoms with van der Waals surface area (Å²) >= 11 is 7.31. The van der Waals surface area contributed by atoms with Gasteiger partial charge in [-0.25, -0.2) is 0 Å². The van der Waals surface area contributed by atoms with E-state index in [1.807, 2.05) is 24.3 Å². The Morgan fingerprint density at radius 1 is 1.30 bits per heavy atom. The highest BCUT2D eigenvalue weighted by Gasteiger charge is 2.39. The van der Waals surface area contributed by atoms with E-state index < -0.39 is 0 Å².